The molecule has 1 aromatic carbocycles. The van der Waals surface area contributed by atoms with Crippen molar-refractivity contribution in [3.05, 3.63) is 66.0 Å². The van der Waals surface area contributed by atoms with Gasteiger partial charge in [-0.25, -0.2) is 8.42 Å². The summed E-state index contributed by atoms with van der Waals surface area (Å²) in [4.78, 5) is 31.2. The second-order valence-electron chi connectivity index (χ2n) is 8.23. The van der Waals surface area contributed by atoms with Gasteiger partial charge in [-0.15, -0.1) is 0 Å². The molecule has 0 N–H and O–H groups in total. The molecular formula is C24H32N2O5S. The normalized spacial score (nSPS) is 12.8. The molecule has 174 valence electrons. The van der Waals surface area contributed by atoms with E-state index in [4.69, 9.17) is 4.74 Å². The zero-order valence-corrected chi connectivity index (χ0v) is 20.0. The van der Waals surface area contributed by atoms with Crippen molar-refractivity contribution in [3.8, 4) is 0 Å². The predicted octanol–water partition coefficient (Wildman–Crippen LogP) is 2.70. The minimum atomic E-state index is -3.98. The summed E-state index contributed by atoms with van der Waals surface area (Å²) in [5.41, 5.74) is 1.65. The van der Waals surface area contributed by atoms with E-state index in [2.05, 4.69) is 4.98 Å². The maximum Gasteiger partial charge on any atom is 0.310 e. The summed E-state index contributed by atoms with van der Waals surface area (Å²) in [5, 5.41) is 0. The number of carbonyl (C=O) groups excluding carboxylic acids is 2. The molecule has 8 heteroatoms. The molecule has 0 aliphatic rings. The number of pyridine rings is 1. The maximum atomic E-state index is 13.3. The number of carbonyl (C=O) groups is 2. The van der Waals surface area contributed by atoms with Gasteiger partial charge in [0.2, 0.25) is 5.91 Å². The van der Waals surface area contributed by atoms with Gasteiger partial charge in [0.15, 0.2) is 9.84 Å². The minimum Gasteiger partial charge on any atom is -0.466 e. The molecule has 0 fully saturated rings. The molecule has 0 saturated heterocycles. The number of amides is 1. The first-order valence-electron chi connectivity index (χ1n) is 10.7. The van der Waals surface area contributed by atoms with E-state index >= 15 is 0 Å². The molecule has 2 aromatic rings. The van der Waals surface area contributed by atoms with Gasteiger partial charge < -0.3 is 9.64 Å². The van der Waals surface area contributed by atoms with Gasteiger partial charge in [0, 0.05) is 31.9 Å². The number of esters is 1. The van der Waals surface area contributed by atoms with Gasteiger partial charge in [-0.3, -0.25) is 14.6 Å². The summed E-state index contributed by atoms with van der Waals surface area (Å²) in [6.07, 6.45) is 2.41. The number of sulfone groups is 1. The number of likely N-dealkylation sites (N-methyl/N-ethyl adjacent to an activating group) is 1. The lowest BCUT2D eigenvalue weighted by atomic mass is 10.0. The van der Waals surface area contributed by atoms with Crippen LogP contribution in [0.5, 0.6) is 0 Å². The van der Waals surface area contributed by atoms with E-state index in [0.29, 0.717) is 13.0 Å². The number of hydrogen-bond acceptors (Lipinski definition) is 6. The molecule has 0 aliphatic carbocycles. The number of hydrogen-bond donors (Lipinski definition) is 0. The van der Waals surface area contributed by atoms with E-state index < -0.39 is 38.1 Å². The van der Waals surface area contributed by atoms with Crippen molar-refractivity contribution in [2.24, 2.45) is 5.92 Å². The van der Waals surface area contributed by atoms with Crippen LogP contribution in [0.25, 0.3) is 0 Å². The molecule has 0 aliphatic heterocycles. The van der Waals surface area contributed by atoms with Crippen LogP contribution < -0.4 is 0 Å². The molecule has 1 heterocycles. The fourth-order valence-electron chi connectivity index (χ4n) is 3.36. The highest BCUT2D eigenvalue weighted by Gasteiger charge is 2.45. The lowest BCUT2D eigenvalue weighted by Gasteiger charge is -2.30. The Labute approximate surface area is 190 Å². The summed E-state index contributed by atoms with van der Waals surface area (Å²) >= 11 is 0. The van der Waals surface area contributed by atoms with E-state index in [-0.39, 0.29) is 13.0 Å². The van der Waals surface area contributed by atoms with E-state index in [1.807, 2.05) is 48.5 Å². The van der Waals surface area contributed by atoms with Crippen LogP contribution in [-0.2, 0) is 37.0 Å². The van der Waals surface area contributed by atoms with Crippen molar-refractivity contribution < 1.29 is 22.7 Å². The molecule has 0 spiro atoms. The van der Waals surface area contributed by atoms with Gasteiger partial charge in [-0.1, -0.05) is 36.4 Å². The number of rotatable bonds is 11. The van der Waals surface area contributed by atoms with Gasteiger partial charge in [-0.2, -0.15) is 0 Å². The van der Waals surface area contributed by atoms with E-state index in [1.54, 1.807) is 20.2 Å². The van der Waals surface area contributed by atoms with Crippen molar-refractivity contribution in [1.82, 2.24) is 9.88 Å². The SMILES string of the molecule is CCOC(=O)[C@H](Cc1ccccc1)CS(=O)(=O)C(C)(C)C(=O)N(C)CCc1ccccn1. The Kier molecular flexibility index (Phi) is 8.95. The highest BCUT2D eigenvalue weighted by atomic mass is 32.2. The molecule has 0 bridgehead atoms. The van der Waals surface area contributed by atoms with Gasteiger partial charge in [-0.05, 0) is 44.9 Å². The Morgan fingerprint density at radius 3 is 2.34 bits per heavy atom. The summed E-state index contributed by atoms with van der Waals surface area (Å²) in [6.45, 7) is 4.96. The second kappa shape index (κ2) is 11.2. The van der Waals surface area contributed by atoms with Crippen molar-refractivity contribution in [1.29, 1.82) is 0 Å². The van der Waals surface area contributed by atoms with Crippen LogP contribution in [0, 0.1) is 5.92 Å². The number of ether oxygens (including phenoxy) is 1. The van der Waals surface area contributed by atoms with Gasteiger partial charge >= 0.3 is 5.97 Å². The standard InChI is InChI=1S/C24H32N2O5S/c1-5-31-22(27)20(17-19-11-7-6-8-12-19)18-32(29,30)24(2,3)23(28)26(4)16-14-21-13-9-10-15-25-21/h6-13,15,20H,5,14,16-18H2,1-4H3/t20-/m1/s1. The third-order valence-electron chi connectivity index (χ3n) is 5.43. The van der Waals surface area contributed by atoms with Gasteiger partial charge in [0.1, 0.15) is 4.75 Å². The Hall–Kier alpha value is -2.74. The molecule has 0 unspecified atom stereocenters. The second-order valence-corrected chi connectivity index (χ2v) is 10.8. The molecule has 0 radical (unpaired) electrons. The molecule has 2 rings (SSSR count). The lowest BCUT2D eigenvalue weighted by Crippen LogP contribution is -2.51. The van der Waals surface area contributed by atoms with Crippen LogP contribution in [-0.4, -0.2) is 60.9 Å². The van der Waals surface area contributed by atoms with Crippen molar-refractivity contribution >= 4 is 21.7 Å². The summed E-state index contributed by atoms with van der Waals surface area (Å²) in [7, 11) is -2.40. The van der Waals surface area contributed by atoms with Gasteiger partial charge in [0.25, 0.3) is 0 Å². The quantitative estimate of drug-likeness (QED) is 0.479. The number of benzene rings is 1. The van der Waals surface area contributed by atoms with E-state index in [9.17, 15) is 18.0 Å². The van der Waals surface area contributed by atoms with Crippen LogP contribution in [0.1, 0.15) is 32.0 Å². The monoisotopic (exact) mass is 460 g/mol. The zero-order chi connectivity index (χ0) is 23.8. The molecule has 1 atom stereocenters. The Balaban J connectivity index is 2.15. The molecule has 0 saturated carbocycles. The fourth-order valence-corrected chi connectivity index (χ4v) is 4.99. The van der Waals surface area contributed by atoms with Crippen molar-refractivity contribution in [3.63, 3.8) is 0 Å². The van der Waals surface area contributed by atoms with Crippen LogP contribution in [0.15, 0.2) is 54.7 Å². The molecule has 7 nitrogen and oxygen atoms in total. The predicted molar refractivity (Wildman–Crippen MR) is 124 cm³/mol. The fraction of sp³-hybridized carbons (Fsp3) is 0.458. The third-order valence-corrected chi connectivity index (χ3v) is 8.01. The summed E-state index contributed by atoms with van der Waals surface area (Å²) in [6, 6.07) is 14.7. The Morgan fingerprint density at radius 1 is 1.09 bits per heavy atom. The first kappa shape index (κ1) is 25.5. The number of aromatic nitrogens is 1. The molecule has 1 aromatic heterocycles. The minimum absolute atomic E-state index is 0.156. The third kappa shape index (κ3) is 6.63. The largest absolute Gasteiger partial charge is 0.466 e. The number of nitrogens with zero attached hydrogens (tertiary/aromatic N) is 2. The molecule has 1 amide bonds. The first-order valence-corrected chi connectivity index (χ1v) is 12.3. The summed E-state index contributed by atoms with van der Waals surface area (Å²) < 4.78 is 30.1. The van der Waals surface area contributed by atoms with Crippen molar-refractivity contribution in [2.75, 3.05) is 26.0 Å². The summed E-state index contributed by atoms with van der Waals surface area (Å²) in [5.74, 6) is -2.45. The highest BCUT2D eigenvalue weighted by Crippen LogP contribution is 2.25. The van der Waals surface area contributed by atoms with Crippen molar-refractivity contribution in [2.45, 2.75) is 38.4 Å². The zero-order valence-electron chi connectivity index (χ0n) is 19.2. The van der Waals surface area contributed by atoms with E-state index in [0.717, 1.165) is 11.3 Å². The van der Waals surface area contributed by atoms with E-state index in [1.165, 1.54) is 18.7 Å². The Bertz CT molecular complexity index is 992. The molecular weight excluding hydrogens is 428 g/mol. The van der Waals surface area contributed by atoms with Gasteiger partial charge in [0.05, 0.1) is 18.3 Å². The topological polar surface area (TPSA) is 93.6 Å². The average Bonchev–Trinajstić information content (AvgIpc) is 2.77. The van der Waals surface area contributed by atoms with Crippen LogP contribution >= 0.6 is 0 Å². The van der Waals surface area contributed by atoms with Crippen LogP contribution in [0.2, 0.25) is 0 Å². The first-order chi connectivity index (χ1) is 15.1. The van der Waals surface area contributed by atoms with Crippen LogP contribution in [0.3, 0.4) is 0 Å². The highest BCUT2D eigenvalue weighted by molar-refractivity contribution is 7.93. The maximum absolute atomic E-state index is 13.3. The Morgan fingerprint density at radius 2 is 1.75 bits per heavy atom. The average molecular weight is 461 g/mol. The van der Waals surface area contributed by atoms with Crippen LogP contribution in [0.4, 0.5) is 0 Å². The molecule has 32 heavy (non-hydrogen) atoms. The smallest absolute Gasteiger partial charge is 0.310 e. The lowest BCUT2D eigenvalue weighted by molar-refractivity contribution is -0.147.